The summed E-state index contributed by atoms with van der Waals surface area (Å²) in [6.07, 6.45) is 0. The average Bonchev–Trinajstić information content (AvgIpc) is 2.62. The Morgan fingerprint density at radius 1 is 1.12 bits per heavy atom. The summed E-state index contributed by atoms with van der Waals surface area (Å²) in [4.78, 5) is 2.94. The average molecular weight is 361 g/mol. The van der Waals surface area contributed by atoms with Crippen molar-refractivity contribution in [3.63, 3.8) is 0 Å². The Bertz CT molecular complexity index is 903. The van der Waals surface area contributed by atoms with Crippen LogP contribution in [0, 0.1) is 5.92 Å². The number of fused-ring (bicyclic) bond motifs is 5. The van der Waals surface area contributed by atoms with Crippen LogP contribution in [0.1, 0.15) is 25.0 Å². The smallest absolute Gasteiger partial charge is 0.113 e. The topological polar surface area (TPSA) is 12.0 Å². The zero-order chi connectivity index (χ0) is 17.2. The molecule has 3 aliphatic heterocycles. The Kier molecular flexibility index (Phi) is 3.59. The van der Waals surface area contributed by atoms with Crippen molar-refractivity contribution in [1.29, 1.82) is 0 Å². The predicted octanol–water partition coefficient (Wildman–Crippen LogP) is 4.43. The Morgan fingerprint density at radius 2 is 1.96 bits per heavy atom. The Morgan fingerprint density at radius 3 is 2.84 bits per heavy atom. The standard InChI is InChI=1S/C21H20BNS2/c1-21(2)15-9-12(22)7-8-17(15)23-19-14-10-24-18-6-4-3-5-13(18)20(14)25-11-16(19)21/h3-9,16,19,23H,10-11H2,1-2H3. The third-order valence-corrected chi connectivity index (χ3v) is 8.39. The summed E-state index contributed by atoms with van der Waals surface area (Å²) in [7, 11) is 6.08. The van der Waals surface area contributed by atoms with E-state index < -0.39 is 0 Å². The monoisotopic (exact) mass is 361 g/mol. The highest BCUT2D eigenvalue weighted by Crippen LogP contribution is 2.54. The SMILES string of the molecule is [B]c1ccc2c(c1)C(C)(C)C1CSC3=C(CSc4ccccc43)C1N2. The van der Waals surface area contributed by atoms with E-state index in [-0.39, 0.29) is 5.41 Å². The van der Waals surface area contributed by atoms with Crippen molar-refractivity contribution < 1.29 is 0 Å². The number of thioether (sulfide) groups is 2. The van der Waals surface area contributed by atoms with E-state index >= 15 is 0 Å². The van der Waals surface area contributed by atoms with Crippen molar-refractivity contribution in [1.82, 2.24) is 0 Å². The van der Waals surface area contributed by atoms with Gasteiger partial charge < -0.3 is 5.32 Å². The van der Waals surface area contributed by atoms with E-state index in [0.717, 1.165) is 17.0 Å². The first-order valence-corrected chi connectivity index (χ1v) is 10.8. The summed E-state index contributed by atoms with van der Waals surface area (Å²) in [5.41, 5.74) is 6.61. The van der Waals surface area contributed by atoms with Gasteiger partial charge in [-0.1, -0.05) is 49.6 Å². The van der Waals surface area contributed by atoms with Gasteiger partial charge in [-0.15, -0.1) is 23.5 Å². The van der Waals surface area contributed by atoms with E-state index in [9.17, 15) is 0 Å². The largest absolute Gasteiger partial charge is 0.378 e. The van der Waals surface area contributed by atoms with Gasteiger partial charge in [-0.05, 0) is 28.7 Å². The van der Waals surface area contributed by atoms with Gasteiger partial charge in [0.1, 0.15) is 7.85 Å². The van der Waals surface area contributed by atoms with Crippen molar-refractivity contribution in [2.24, 2.45) is 5.92 Å². The fraction of sp³-hybridized carbons (Fsp3) is 0.333. The maximum absolute atomic E-state index is 6.08. The molecule has 2 aromatic rings. The zero-order valence-electron chi connectivity index (χ0n) is 14.5. The van der Waals surface area contributed by atoms with Gasteiger partial charge in [-0.25, -0.2) is 0 Å². The van der Waals surface area contributed by atoms with Crippen molar-refractivity contribution >= 4 is 47.4 Å². The van der Waals surface area contributed by atoms with E-state index in [1.807, 2.05) is 17.8 Å². The lowest BCUT2D eigenvalue weighted by atomic mass is 9.65. The van der Waals surface area contributed by atoms with Gasteiger partial charge >= 0.3 is 0 Å². The molecular weight excluding hydrogens is 341 g/mol. The van der Waals surface area contributed by atoms with Gasteiger partial charge in [0, 0.05) is 38.5 Å². The molecule has 0 spiro atoms. The molecule has 0 bridgehead atoms. The molecule has 25 heavy (non-hydrogen) atoms. The first-order valence-electron chi connectivity index (χ1n) is 8.80. The third-order valence-electron chi connectivity index (χ3n) is 5.97. The number of hydrogen-bond acceptors (Lipinski definition) is 3. The van der Waals surface area contributed by atoms with E-state index in [0.29, 0.717) is 12.0 Å². The first kappa shape index (κ1) is 16.0. The Labute approximate surface area is 159 Å². The van der Waals surface area contributed by atoms with Crippen molar-refractivity contribution in [2.45, 2.75) is 30.2 Å². The molecule has 1 N–H and O–H groups in total. The van der Waals surface area contributed by atoms with Crippen molar-refractivity contribution in [2.75, 3.05) is 16.8 Å². The highest BCUT2D eigenvalue weighted by molar-refractivity contribution is 8.08. The van der Waals surface area contributed by atoms with Crippen molar-refractivity contribution in [3.8, 4) is 0 Å². The number of nitrogens with one attached hydrogen (secondary N) is 1. The minimum atomic E-state index is 0.119. The van der Waals surface area contributed by atoms with Gasteiger partial charge in [0.2, 0.25) is 0 Å². The molecule has 0 fully saturated rings. The molecule has 124 valence electrons. The molecule has 2 atom stereocenters. The lowest BCUT2D eigenvalue weighted by Crippen LogP contribution is -2.50. The predicted molar refractivity (Wildman–Crippen MR) is 112 cm³/mol. The molecule has 0 saturated heterocycles. The van der Waals surface area contributed by atoms with E-state index in [2.05, 4.69) is 67.3 Å². The maximum atomic E-state index is 6.08. The van der Waals surface area contributed by atoms with Crippen molar-refractivity contribution in [3.05, 3.63) is 59.2 Å². The summed E-state index contributed by atoms with van der Waals surface area (Å²) in [6, 6.07) is 15.6. The molecule has 4 heteroatoms. The van der Waals surface area contributed by atoms with Crippen LogP contribution in [0.15, 0.2) is 52.9 Å². The van der Waals surface area contributed by atoms with Crippen LogP contribution in [0.25, 0.3) is 4.91 Å². The van der Waals surface area contributed by atoms with Crippen LogP contribution in [0.4, 0.5) is 5.69 Å². The quantitative estimate of drug-likeness (QED) is 0.697. The molecule has 0 aliphatic carbocycles. The second kappa shape index (κ2) is 5.62. The second-order valence-corrected chi connectivity index (χ2v) is 9.75. The normalized spacial score (nSPS) is 26.0. The molecule has 1 nitrogen and oxygen atoms in total. The molecule has 3 aliphatic rings. The Balaban J connectivity index is 1.65. The van der Waals surface area contributed by atoms with Crippen LogP contribution < -0.4 is 10.8 Å². The maximum Gasteiger partial charge on any atom is 0.113 e. The van der Waals surface area contributed by atoms with Gasteiger partial charge in [0.15, 0.2) is 0 Å². The summed E-state index contributed by atoms with van der Waals surface area (Å²) in [6.45, 7) is 4.78. The van der Waals surface area contributed by atoms with Gasteiger partial charge in [-0.3, -0.25) is 0 Å². The lowest BCUT2D eigenvalue weighted by Gasteiger charge is -2.50. The minimum Gasteiger partial charge on any atom is -0.378 e. The third kappa shape index (κ3) is 2.34. The van der Waals surface area contributed by atoms with Gasteiger partial charge in [-0.2, -0.15) is 0 Å². The number of benzene rings is 2. The molecule has 0 saturated carbocycles. The van der Waals surface area contributed by atoms with Crippen LogP contribution in [0.3, 0.4) is 0 Å². The molecule has 2 unspecified atom stereocenters. The summed E-state index contributed by atoms with van der Waals surface area (Å²) >= 11 is 4.03. The highest BCUT2D eigenvalue weighted by atomic mass is 32.2. The van der Waals surface area contributed by atoms with E-state index in [1.165, 1.54) is 26.6 Å². The number of rotatable bonds is 0. The first-order chi connectivity index (χ1) is 12.1. The molecule has 0 aromatic heterocycles. The minimum absolute atomic E-state index is 0.119. The molecule has 2 aromatic carbocycles. The van der Waals surface area contributed by atoms with E-state index in [4.69, 9.17) is 7.85 Å². The van der Waals surface area contributed by atoms with Gasteiger partial charge in [0.05, 0.1) is 6.04 Å². The molecular formula is C21H20BNS2. The summed E-state index contributed by atoms with van der Waals surface area (Å²) < 4.78 is 0. The van der Waals surface area contributed by atoms with Crippen LogP contribution in [0.2, 0.25) is 0 Å². The molecule has 5 rings (SSSR count). The summed E-state index contributed by atoms with van der Waals surface area (Å²) in [5, 5.41) is 3.87. The van der Waals surface area contributed by atoms with Crippen LogP contribution >= 0.6 is 23.5 Å². The van der Waals surface area contributed by atoms with Crippen LogP contribution in [0.5, 0.6) is 0 Å². The second-order valence-electron chi connectivity index (χ2n) is 7.71. The fourth-order valence-corrected chi connectivity index (χ4v) is 7.45. The molecule has 3 heterocycles. The van der Waals surface area contributed by atoms with E-state index in [1.54, 1.807) is 5.57 Å². The van der Waals surface area contributed by atoms with Gasteiger partial charge in [0.25, 0.3) is 0 Å². The van der Waals surface area contributed by atoms with Crippen LogP contribution in [-0.2, 0) is 5.41 Å². The number of hydrogen-bond donors (Lipinski definition) is 1. The highest BCUT2D eigenvalue weighted by Gasteiger charge is 2.47. The number of anilines is 1. The molecule has 0 amide bonds. The lowest BCUT2D eigenvalue weighted by molar-refractivity contribution is 0.314. The van der Waals surface area contributed by atoms with Crippen LogP contribution in [-0.4, -0.2) is 25.4 Å². The fourth-order valence-electron chi connectivity index (χ4n) is 4.49. The summed E-state index contributed by atoms with van der Waals surface area (Å²) in [5.74, 6) is 2.82. The zero-order valence-corrected chi connectivity index (χ0v) is 16.1. The molecule has 2 radical (unpaired) electrons. The Hall–Kier alpha value is -1.26.